The number of hydrogen-bond acceptors (Lipinski definition) is 6. The molecule has 1 fully saturated rings. The number of benzene rings is 1. The van der Waals surface area contributed by atoms with Gasteiger partial charge in [-0.3, -0.25) is 14.5 Å². The standard InChI is InChI=1S/C18H26N2O5/c1-23-17(24-2)11-19-18(22)15-9-6-10-20(15)12-16(21)25-13-14-7-4-3-5-8-14/h3-5,7-8,15,17H,6,9-13H2,1-2H3,(H,19,22)/t15-/m0/s1. The van der Waals surface area contributed by atoms with E-state index in [-0.39, 0.29) is 37.6 Å². The number of hydrogen-bond donors (Lipinski definition) is 1. The van der Waals surface area contributed by atoms with Crippen LogP contribution in [0.4, 0.5) is 0 Å². The van der Waals surface area contributed by atoms with E-state index in [2.05, 4.69) is 5.32 Å². The van der Waals surface area contributed by atoms with Crippen LogP contribution in [0.1, 0.15) is 18.4 Å². The molecule has 1 heterocycles. The highest BCUT2D eigenvalue weighted by molar-refractivity contribution is 5.83. The normalized spacial score (nSPS) is 17.6. The summed E-state index contributed by atoms with van der Waals surface area (Å²) in [5, 5.41) is 2.80. The molecule has 138 valence electrons. The summed E-state index contributed by atoms with van der Waals surface area (Å²) in [7, 11) is 3.04. The predicted octanol–water partition coefficient (Wildman–Crippen LogP) is 0.929. The third-order valence-corrected chi connectivity index (χ3v) is 4.21. The Labute approximate surface area is 148 Å². The number of methoxy groups -OCH3 is 2. The molecule has 0 spiro atoms. The zero-order valence-corrected chi connectivity index (χ0v) is 14.8. The molecule has 1 aromatic rings. The molecule has 0 aromatic heterocycles. The van der Waals surface area contributed by atoms with Crippen molar-refractivity contribution in [3.63, 3.8) is 0 Å². The number of nitrogens with one attached hydrogen (secondary N) is 1. The Morgan fingerprint density at radius 3 is 2.64 bits per heavy atom. The van der Waals surface area contributed by atoms with Gasteiger partial charge in [0.25, 0.3) is 0 Å². The van der Waals surface area contributed by atoms with Gasteiger partial charge >= 0.3 is 5.97 Å². The third kappa shape index (κ3) is 6.12. The Bertz CT molecular complexity index is 548. The van der Waals surface area contributed by atoms with Crippen LogP contribution in [0.5, 0.6) is 0 Å². The van der Waals surface area contributed by atoms with Gasteiger partial charge in [-0.05, 0) is 24.9 Å². The maximum Gasteiger partial charge on any atom is 0.320 e. The largest absolute Gasteiger partial charge is 0.460 e. The molecule has 0 unspecified atom stereocenters. The minimum absolute atomic E-state index is 0.114. The summed E-state index contributed by atoms with van der Waals surface area (Å²) >= 11 is 0. The summed E-state index contributed by atoms with van der Waals surface area (Å²) in [5.41, 5.74) is 0.941. The molecular weight excluding hydrogens is 324 g/mol. The second-order valence-electron chi connectivity index (χ2n) is 5.92. The topological polar surface area (TPSA) is 77.1 Å². The monoisotopic (exact) mass is 350 g/mol. The van der Waals surface area contributed by atoms with Crippen LogP contribution in [0.25, 0.3) is 0 Å². The number of amides is 1. The summed E-state index contributed by atoms with van der Waals surface area (Å²) in [6.45, 7) is 1.34. The summed E-state index contributed by atoms with van der Waals surface area (Å²) in [6, 6.07) is 9.20. The molecule has 2 rings (SSSR count). The van der Waals surface area contributed by atoms with Gasteiger partial charge in [-0.25, -0.2) is 0 Å². The van der Waals surface area contributed by atoms with E-state index in [1.165, 1.54) is 14.2 Å². The molecule has 1 atom stereocenters. The molecule has 1 saturated heterocycles. The lowest BCUT2D eigenvalue weighted by atomic mass is 10.2. The van der Waals surface area contributed by atoms with Gasteiger partial charge in [0.1, 0.15) is 6.61 Å². The second kappa shape index (κ2) is 10.1. The van der Waals surface area contributed by atoms with Crippen LogP contribution < -0.4 is 5.32 Å². The number of esters is 1. The molecule has 0 bridgehead atoms. The van der Waals surface area contributed by atoms with Gasteiger partial charge in [-0.1, -0.05) is 30.3 Å². The van der Waals surface area contributed by atoms with E-state index in [1.807, 2.05) is 35.2 Å². The van der Waals surface area contributed by atoms with Crippen molar-refractivity contribution < 1.29 is 23.8 Å². The summed E-state index contributed by atoms with van der Waals surface area (Å²) in [6.07, 6.45) is 1.12. The SMILES string of the molecule is COC(CNC(=O)[C@@H]1CCCN1CC(=O)OCc1ccccc1)OC. The molecule has 0 aliphatic carbocycles. The third-order valence-electron chi connectivity index (χ3n) is 4.21. The number of carbonyl (C=O) groups is 2. The number of nitrogens with zero attached hydrogens (tertiary/aromatic N) is 1. The molecule has 25 heavy (non-hydrogen) atoms. The molecule has 7 heteroatoms. The van der Waals surface area contributed by atoms with E-state index in [0.29, 0.717) is 6.54 Å². The van der Waals surface area contributed by atoms with E-state index in [0.717, 1.165) is 18.4 Å². The molecule has 0 saturated carbocycles. The van der Waals surface area contributed by atoms with Crippen LogP contribution in [-0.4, -0.2) is 63.0 Å². The molecule has 1 N–H and O–H groups in total. The highest BCUT2D eigenvalue weighted by Crippen LogP contribution is 2.17. The Kier molecular flexibility index (Phi) is 7.84. The molecule has 1 aliphatic rings. The highest BCUT2D eigenvalue weighted by atomic mass is 16.7. The van der Waals surface area contributed by atoms with Crippen molar-refractivity contribution in [2.24, 2.45) is 0 Å². The Morgan fingerprint density at radius 1 is 1.24 bits per heavy atom. The summed E-state index contributed by atoms with van der Waals surface area (Å²) < 4.78 is 15.4. The smallest absolute Gasteiger partial charge is 0.320 e. The van der Waals surface area contributed by atoms with E-state index in [4.69, 9.17) is 14.2 Å². The molecule has 1 aromatic carbocycles. The zero-order valence-electron chi connectivity index (χ0n) is 14.8. The Hall–Kier alpha value is -1.96. The fourth-order valence-corrected chi connectivity index (χ4v) is 2.83. The zero-order chi connectivity index (χ0) is 18.1. The minimum atomic E-state index is -0.477. The summed E-state index contributed by atoms with van der Waals surface area (Å²) in [5.74, 6) is -0.442. The van der Waals surface area contributed by atoms with Gasteiger partial charge in [0.2, 0.25) is 5.91 Å². The number of ether oxygens (including phenoxy) is 3. The van der Waals surface area contributed by atoms with E-state index in [9.17, 15) is 9.59 Å². The van der Waals surface area contributed by atoms with Gasteiger partial charge < -0.3 is 19.5 Å². The molecular formula is C18H26N2O5. The van der Waals surface area contributed by atoms with Crippen LogP contribution in [0, 0.1) is 0 Å². The van der Waals surface area contributed by atoms with Crippen LogP contribution in [0.2, 0.25) is 0 Å². The maximum absolute atomic E-state index is 12.3. The molecule has 7 nitrogen and oxygen atoms in total. The predicted molar refractivity (Wildman–Crippen MR) is 91.6 cm³/mol. The first kappa shape index (κ1) is 19.4. The lowest BCUT2D eigenvalue weighted by Crippen LogP contribution is -2.47. The number of rotatable bonds is 9. The Balaban J connectivity index is 1.78. The number of likely N-dealkylation sites (tertiary alicyclic amines) is 1. The summed E-state index contributed by atoms with van der Waals surface area (Å²) in [4.78, 5) is 26.3. The van der Waals surface area contributed by atoms with Crippen molar-refractivity contribution in [1.82, 2.24) is 10.2 Å². The van der Waals surface area contributed by atoms with Crippen LogP contribution in [0.15, 0.2) is 30.3 Å². The van der Waals surface area contributed by atoms with E-state index in [1.54, 1.807) is 0 Å². The fourth-order valence-electron chi connectivity index (χ4n) is 2.83. The van der Waals surface area contributed by atoms with Crippen molar-refractivity contribution in [3.05, 3.63) is 35.9 Å². The van der Waals surface area contributed by atoms with Crippen LogP contribution in [0.3, 0.4) is 0 Å². The van der Waals surface area contributed by atoms with Gasteiger partial charge in [0.15, 0.2) is 6.29 Å². The first-order valence-corrected chi connectivity index (χ1v) is 8.41. The quantitative estimate of drug-likeness (QED) is 0.527. The van der Waals surface area contributed by atoms with Gasteiger partial charge in [-0.15, -0.1) is 0 Å². The number of carbonyl (C=O) groups excluding carboxylic acids is 2. The molecule has 1 amide bonds. The average Bonchev–Trinajstić information content (AvgIpc) is 3.09. The van der Waals surface area contributed by atoms with E-state index >= 15 is 0 Å². The molecule has 1 aliphatic heterocycles. The highest BCUT2D eigenvalue weighted by Gasteiger charge is 2.32. The average molecular weight is 350 g/mol. The van der Waals surface area contributed by atoms with Crippen molar-refractivity contribution in [2.45, 2.75) is 31.8 Å². The first-order chi connectivity index (χ1) is 12.1. The fraction of sp³-hybridized carbons (Fsp3) is 0.556. The van der Waals surface area contributed by atoms with Crippen molar-refractivity contribution in [2.75, 3.05) is 33.9 Å². The van der Waals surface area contributed by atoms with Crippen LogP contribution >= 0.6 is 0 Å². The second-order valence-corrected chi connectivity index (χ2v) is 5.92. The van der Waals surface area contributed by atoms with Gasteiger partial charge in [-0.2, -0.15) is 0 Å². The lowest BCUT2D eigenvalue weighted by Gasteiger charge is -2.23. The van der Waals surface area contributed by atoms with Crippen molar-refractivity contribution >= 4 is 11.9 Å². The van der Waals surface area contributed by atoms with Crippen molar-refractivity contribution in [3.8, 4) is 0 Å². The van der Waals surface area contributed by atoms with Crippen molar-refractivity contribution in [1.29, 1.82) is 0 Å². The minimum Gasteiger partial charge on any atom is -0.460 e. The van der Waals surface area contributed by atoms with Gasteiger partial charge in [0, 0.05) is 14.2 Å². The first-order valence-electron chi connectivity index (χ1n) is 8.41. The maximum atomic E-state index is 12.3. The van der Waals surface area contributed by atoms with E-state index < -0.39 is 6.29 Å². The lowest BCUT2D eigenvalue weighted by molar-refractivity contribution is -0.147. The van der Waals surface area contributed by atoms with Crippen LogP contribution in [-0.2, 0) is 30.4 Å². The molecule has 0 radical (unpaired) electrons. The van der Waals surface area contributed by atoms with Gasteiger partial charge in [0.05, 0.1) is 19.1 Å². The Morgan fingerprint density at radius 2 is 1.96 bits per heavy atom.